The van der Waals surface area contributed by atoms with Crippen LogP contribution in [-0.2, 0) is 0 Å². The molecule has 0 atom stereocenters. The lowest BCUT2D eigenvalue weighted by Gasteiger charge is -2.04. The fraction of sp³-hybridized carbons (Fsp3) is 0.176. The number of hydrogen-bond acceptors (Lipinski definition) is 6. The van der Waals surface area contributed by atoms with E-state index in [0.717, 1.165) is 5.75 Å². The van der Waals surface area contributed by atoms with E-state index in [9.17, 15) is 8.78 Å². The van der Waals surface area contributed by atoms with Gasteiger partial charge >= 0.3 is 6.61 Å². The maximum absolute atomic E-state index is 12.1. The minimum atomic E-state index is -2.85. The second-order valence-corrected chi connectivity index (χ2v) is 5.83. The SMILES string of the molecule is FC(F)Oc1ccc(-c2nnc(SCCOc3ccccc3)o2)cc1. The third-order valence-corrected chi connectivity index (χ3v) is 3.84. The fourth-order valence-electron chi connectivity index (χ4n) is 1.97. The Kier molecular flexibility index (Phi) is 5.84. The molecule has 0 aliphatic rings. The molecule has 0 aliphatic carbocycles. The van der Waals surface area contributed by atoms with Crippen molar-refractivity contribution in [3.63, 3.8) is 0 Å². The number of rotatable bonds is 8. The molecule has 8 heteroatoms. The molecule has 0 unspecified atom stereocenters. The number of benzene rings is 2. The smallest absolute Gasteiger partial charge is 0.387 e. The van der Waals surface area contributed by atoms with Crippen LogP contribution in [0.25, 0.3) is 11.5 Å². The van der Waals surface area contributed by atoms with Crippen molar-refractivity contribution in [3.05, 3.63) is 54.6 Å². The molecule has 0 amide bonds. The minimum Gasteiger partial charge on any atom is -0.493 e. The van der Waals surface area contributed by atoms with Gasteiger partial charge in [0.25, 0.3) is 5.22 Å². The van der Waals surface area contributed by atoms with Crippen LogP contribution in [0.4, 0.5) is 8.78 Å². The van der Waals surface area contributed by atoms with Crippen molar-refractivity contribution in [1.29, 1.82) is 0 Å². The largest absolute Gasteiger partial charge is 0.493 e. The molecule has 130 valence electrons. The quantitative estimate of drug-likeness (QED) is 0.433. The normalized spacial score (nSPS) is 10.8. The molecule has 0 spiro atoms. The van der Waals surface area contributed by atoms with Crippen molar-refractivity contribution in [1.82, 2.24) is 10.2 Å². The van der Waals surface area contributed by atoms with Gasteiger partial charge in [-0.05, 0) is 36.4 Å². The molecule has 3 aromatic rings. The van der Waals surface area contributed by atoms with Crippen molar-refractivity contribution in [2.45, 2.75) is 11.8 Å². The van der Waals surface area contributed by atoms with E-state index in [1.54, 1.807) is 12.1 Å². The number of para-hydroxylation sites is 1. The van der Waals surface area contributed by atoms with Crippen molar-refractivity contribution < 1.29 is 22.7 Å². The van der Waals surface area contributed by atoms with E-state index in [-0.39, 0.29) is 5.75 Å². The Balaban J connectivity index is 1.50. The third-order valence-electron chi connectivity index (χ3n) is 3.05. The number of aromatic nitrogens is 2. The van der Waals surface area contributed by atoms with E-state index in [2.05, 4.69) is 14.9 Å². The highest BCUT2D eigenvalue weighted by atomic mass is 32.2. The molecular formula is C17H14F2N2O3S. The Bertz CT molecular complexity index is 782. The topological polar surface area (TPSA) is 57.4 Å². The first kappa shape index (κ1) is 17.2. The number of alkyl halides is 2. The molecule has 0 aliphatic heterocycles. The van der Waals surface area contributed by atoms with Crippen molar-refractivity contribution in [2.75, 3.05) is 12.4 Å². The molecule has 0 saturated carbocycles. The van der Waals surface area contributed by atoms with Gasteiger partial charge in [0, 0.05) is 11.3 Å². The Labute approximate surface area is 147 Å². The molecule has 0 radical (unpaired) electrons. The molecule has 1 aromatic heterocycles. The highest BCUT2D eigenvalue weighted by molar-refractivity contribution is 7.99. The molecule has 3 rings (SSSR count). The summed E-state index contributed by atoms with van der Waals surface area (Å²) in [6.45, 7) is -2.35. The lowest BCUT2D eigenvalue weighted by Crippen LogP contribution is -2.01. The van der Waals surface area contributed by atoms with Gasteiger partial charge in [0.15, 0.2) is 0 Å². The summed E-state index contributed by atoms with van der Waals surface area (Å²) in [7, 11) is 0. The van der Waals surface area contributed by atoms with Crippen LogP contribution in [0, 0.1) is 0 Å². The van der Waals surface area contributed by atoms with Gasteiger partial charge in [0.05, 0.1) is 6.61 Å². The van der Waals surface area contributed by atoms with Crippen LogP contribution in [0.5, 0.6) is 11.5 Å². The van der Waals surface area contributed by atoms with Gasteiger partial charge < -0.3 is 13.9 Å². The Morgan fingerprint density at radius 2 is 1.72 bits per heavy atom. The zero-order valence-electron chi connectivity index (χ0n) is 13.0. The Morgan fingerprint density at radius 3 is 2.44 bits per heavy atom. The predicted molar refractivity (Wildman–Crippen MR) is 89.0 cm³/mol. The lowest BCUT2D eigenvalue weighted by atomic mass is 10.2. The summed E-state index contributed by atoms with van der Waals surface area (Å²) < 4.78 is 39.7. The van der Waals surface area contributed by atoms with E-state index in [4.69, 9.17) is 9.15 Å². The van der Waals surface area contributed by atoms with Crippen LogP contribution in [0.3, 0.4) is 0 Å². The fourth-order valence-corrected chi connectivity index (χ4v) is 2.55. The summed E-state index contributed by atoms with van der Waals surface area (Å²) in [5.41, 5.74) is 0.626. The van der Waals surface area contributed by atoms with Gasteiger partial charge in [0.1, 0.15) is 11.5 Å². The van der Waals surface area contributed by atoms with Crippen LogP contribution < -0.4 is 9.47 Å². The maximum atomic E-state index is 12.1. The third kappa shape index (κ3) is 5.18. The van der Waals surface area contributed by atoms with Crippen LogP contribution in [-0.4, -0.2) is 29.2 Å². The number of halogens is 2. The number of hydrogen-bond donors (Lipinski definition) is 0. The number of nitrogens with zero attached hydrogens (tertiary/aromatic N) is 2. The standard InChI is InChI=1S/C17H14F2N2O3S/c18-16(19)23-14-8-6-12(7-9-14)15-20-21-17(24-15)25-11-10-22-13-4-2-1-3-5-13/h1-9,16H,10-11H2. The van der Waals surface area contributed by atoms with Gasteiger partial charge in [-0.25, -0.2) is 0 Å². The van der Waals surface area contributed by atoms with E-state index >= 15 is 0 Å². The molecule has 25 heavy (non-hydrogen) atoms. The van der Waals surface area contributed by atoms with E-state index < -0.39 is 6.61 Å². The summed E-state index contributed by atoms with van der Waals surface area (Å²) in [6.07, 6.45) is 0. The minimum absolute atomic E-state index is 0.0749. The molecule has 0 saturated heterocycles. The molecular weight excluding hydrogens is 350 g/mol. The maximum Gasteiger partial charge on any atom is 0.387 e. The molecule has 2 aromatic carbocycles. The van der Waals surface area contributed by atoms with Crippen molar-refractivity contribution in [3.8, 4) is 23.0 Å². The van der Waals surface area contributed by atoms with E-state index in [1.165, 1.54) is 23.9 Å². The van der Waals surface area contributed by atoms with Crippen LogP contribution in [0.15, 0.2) is 64.2 Å². The summed E-state index contributed by atoms with van der Waals surface area (Å²) in [4.78, 5) is 0. The van der Waals surface area contributed by atoms with E-state index in [0.29, 0.717) is 29.0 Å². The molecule has 0 fully saturated rings. The summed E-state index contributed by atoms with van der Waals surface area (Å²) in [6, 6.07) is 15.5. The zero-order valence-corrected chi connectivity index (χ0v) is 13.8. The van der Waals surface area contributed by atoms with Gasteiger partial charge in [-0.15, -0.1) is 10.2 Å². The summed E-state index contributed by atoms with van der Waals surface area (Å²) >= 11 is 1.38. The van der Waals surface area contributed by atoms with Crippen LogP contribution >= 0.6 is 11.8 Å². The first-order valence-electron chi connectivity index (χ1n) is 7.40. The highest BCUT2D eigenvalue weighted by Crippen LogP contribution is 2.25. The number of thioether (sulfide) groups is 1. The van der Waals surface area contributed by atoms with Crippen molar-refractivity contribution >= 4 is 11.8 Å². The van der Waals surface area contributed by atoms with Crippen LogP contribution in [0.2, 0.25) is 0 Å². The first-order valence-corrected chi connectivity index (χ1v) is 8.38. The van der Waals surface area contributed by atoms with Gasteiger partial charge in [-0.1, -0.05) is 30.0 Å². The molecule has 1 heterocycles. The van der Waals surface area contributed by atoms with Crippen molar-refractivity contribution in [2.24, 2.45) is 0 Å². The Hall–Kier alpha value is -2.61. The monoisotopic (exact) mass is 364 g/mol. The second kappa shape index (κ2) is 8.48. The predicted octanol–water partition coefficient (Wildman–Crippen LogP) is 4.51. The number of ether oxygens (including phenoxy) is 2. The van der Waals surface area contributed by atoms with Gasteiger partial charge in [-0.3, -0.25) is 0 Å². The molecule has 0 N–H and O–H groups in total. The Morgan fingerprint density at radius 1 is 0.960 bits per heavy atom. The van der Waals surface area contributed by atoms with E-state index in [1.807, 2.05) is 30.3 Å². The highest BCUT2D eigenvalue weighted by Gasteiger charge is 2.10. The van der Waals surface area contributed by atoms with Gasteiger partial charge in [-0.2, -0.15) is 8.78 Å². The van der Waals surface area contributed by atoms with Crippen LogP contribution in [0.1, 0.15) is 0 Å². The average molecular weight is 364 g/mol. The second-order valence-electron chi connectivity index (χ2n) is 4.79. The summed E-state index contributed by atoms with van der Waals surface area (Å²) in [5, 5.41) is 8.31. The van der Waals surface area contributed by atoms with Gasteiger partial charge in [0.2, 0.25) is 5.89 Å². The average Bonchev–Trinajstić information content (AvgIpc) is 3.09. The lowest BCUT2D eigenvalue weighted by molar-refractivity contribution is -0.0498. The molecule has 5 nitrogen and oxygen atoms in total. The molecule has 0 bridgehead atoms. The summed E-state index contributed by atoms with van der Waals surface area (Å²) in [5.74, 6) is 1.85. The first-order chi connectivity index (χ1) is 12.2. The zero-order chi connectivity index (χ0) is 17.5.